The average molecular weight is 437 g/mol. The molecule has 0 aliphatic rings. The molecule has 2 aromatic carbocycles. The van der Waals surface area contributed by atoms with E-state index in [0.717, 1.165) is 22.8 Å². The molecule has 0 fully saturated rings. The highest BCUT2D eigenvalue weighted by atomic mass is 32.2. The van der Waals surface area contributed by atoms with Crippen molar-refractivity contribution >= 4 is 34.1 Å². The van der Waals surface area contributed by atoms with Gasteiger partial charge in [-0.3, -0.25) is 9.36 Å². The van der Waals surface area contributed by atoms with Crippen molar-refractivity contribution in [3.63, 3.8) is 0 Å². The Morgan fingerprint density at radius 3 is 2.50 bits per heavy atom. The molecule has 30 heavy (non-hydrogen) atoms. The standard InChI is InChI=1S/C21H20N6OS2/c22-20-24-16(13-29-20)11-18-25-26-21(27(18)17-9-5-2-6-10-17)30-14-19(28)23-12-15-7-3-1-4-8-15/h1-10,13H,11-12,14H2,(H2,22,24)(H,23,28). The van der Waals surface area contributed by atoms with Crippen LogP contribution >= 0.6 is 23.1 Å². The number of carbonyl (C=O) groups excluding carboxylic acids is 1. The lowest BCUT2D eigenvalue weighted by Gasteiger charge is -2.10. The van der Waals surface area contributed by atoms with Gasteiger partial charge in [-0.05, 0) is 17.7 Å². The van der Waals surface area contributed by atoms with Crippen LogP contribution in [0.25, 0.3) is 5.69 Å². The molecule has 4 rings (SSSR count). The van der Waals surface area contributed by atoms with Crippen molar-refractivity contribution in [1.29, 1.82) is 0 Å². The molecule has 0 radical (unpaired) electrons. The maximum Gasteiger partial charge on any atom is 0.230 e. The molecule has 4 aromatic rings. The van der Waals surface area contributed by atoms with E-state index in [1.807, 2.05) is 70.6 Å². The van der Waals surface area contributed by atoms with E-state index < -0.39 is 0 Å². The lowest BCUT2D eigenvalue weighted by Crippen LogP contribution is -2.24. The smallest absolute Gasteiger partial charge is 0.230 e. The fourth-order valence-electron chi connectivity index (χ4n) is 2.89. The minimum absolute atomic E-state index is 0.0553. The van der Waals surface area contributed by atoms with Gasteiger partial charge in [-0.1, -0.05) is 60.3 Å². The number of anilines is 1. The zero-order valence-electron chi connectivity index (χ0n) is 16.1. The van der Waals surface area contributed by atoms with Crippen LogP contribution in [0.3, 0.4) is 0 Å². The molecule has 2 heterocycles. The van der Waals surface area contributed by atoms with E-state index in [-0.39, 0.29) is 11.7 Å². The van der Waals surface area contributed by atoms with Gasteiger partial charge in [0.1, 0.15) is 5.82 Å². The maximum absolute atomic E-state index is 12.3. The van der Waals surface area contributed by atoms with Crippen molar-refractivity contribution in [1.82, 2.24) is 25.1 Å². The zero-order chi connectivity index (χ0) is 20.8. The van der Waals surface area contributed by atoms with E-state index in [2.05, 4.69) is 20.5 Å². The van der Waals surface area contributed by atoms with Gasteiger partial charge in [-0.15, -0.1) is 21.5 Å². The molecule has 0 unspecified atom stereocenters. The largest absolute Gasteiger partial charge is 0.375 e. The Morgan fingerprint density at radius 2 is 1.80 bits per heavy atom. The van der Waals surface area contributed by atoms with Gasteiger partial charge >= 0.3 is 0 Å². The molecular formula is C21H20N6OS2. The second-order valence-corrected chi connectivity index (χ2v) is 8.31. The van der Waals surface area contributed by atoms with Gasteiger partial charge in [-0.25, -0.2) is 4.98 Å². The van der Waals surface area contributed by atoms with E-state index in [4.69, 9.17) is 5.73 Å². The first-order valence-corrected chi connectivity index (χ1v) is 11.2. The number of hydrogen-bond donors (Lipinski definition) is 2. The maximum atomic E-state index is 12.3. The van der Waals surface area contributed by atoms with Crippen molar-refractivity contribution < 1.29 is 4.79 Å². The summed E-state index contributed by atoms with van der Waals surface area (Å²) in [5, 5.41) is 14.7. The predicted molar refractivity (Wildman–Crippen MR) is 120 cm³/mol. The van der Waals surface area contributed by atoms with Crippen LogP contribution in [-0.2, 0) is 17.8 Å². The highest BCUT2D eigenvalue weighted by Crippen LogP contribution is 2.24. The summed E-state index contributed by atoms with van der Waals surface area (Å²) in [6.45, 7) is 0.502. The van der Waals surface area contributed by atoms with Crippen LogP contribution in [-0.4, -0.2) is 31.4 Å². The topological polar surface area (TPSA) is 98.7 Å². The number of benzene rings is 2. The number of rotatable bonds is 8. The molecule has 152 valence electrons. The van der Waals surface area contributed by atoms with E-state index in [1.54, 1.807) is 0 Å². The number of carbonyl (C=O) groups is 1. The van der Waals surface area contributed by atoms with E-state index in [1.165, 1.54) is 23.1 Å². The molecule has 0 aliphatic carbocycles. The van der Waals surface area contributed by atoms with Crippen LogP contribution in [0.4, 0.5) is 5.13 Å². The summed E-state index contributed by atoms with van der Waals surface area (Å²) in [5.41, 5.74) is 8.60. The Balaban J connectivity index is 1.47. The Bertz CT molecular complexity index is 1110. The third-order valence-corrected chi connectivity index (χ3v) is 5.94. The molecule has 0 saturated carbocycles. The second-order valence-electron chi connectivity index (χ2n) is 6.47. The average Bonchev–Trinajstić information content (AvgIpc) is 3.38. The van der Waals surface area contributed by atoms with Gasteiger partial charge in [0.25, 0.3) is 0 Å². The minimum atomic E-state index is -0.0553. The van der Waals surface area contributed by atoms with Crippen LogP contribution in [0.1, 0.15) is 17.1 Å². The van der Waals surface area contributed by atoms with E-state index >= 15 is 0 Å². The van der Waals surface area contributed by atoms with Gasteiger partial charge in [0.2, 0.25) is 5.91 Å². The summed E-state index contributed by atoms with van der Waals surface area (Å²) in [6.07, 6.45) is 0.510. The van der Waals surface area contributed by atoms with Crippen molar-refractivity contribution in [2.24, 2.45) is 0 Å². The third kappa shape index (κ3) is 5.05. The fraction of sp³-hybridized carbons (Fsp3) is 0.143. The molecule has 0 spiro atoms. The summed E-state index contributed by atoms with van der Waals surface area (Å²) in [6, 6.07) is 19.7. The molecule has 0 saturated heterocycles. The van der Waals surface area contributed by atoms with Crippen molar-refractivity contribution in [3.8, 4) is 5.69 Å². The van der Waals surface area contributed by atoms with Crippen molar-refractivity contribution in [2.45, 2.75) is 18.1 Å². The first-order valence-electron chi connectivity index (χ1n) is 9.32. The molecule has 0 aliphatic heterocycles. The minimum Gasteiger partial charge on any atom is -0.375 e. The number of aromatic nitrogens is 4. The molecule has 0 atom stereocenters. The quantitative estimate of drug-likeness (QED) is 0.411. The number of thioether (sulfide) groups is 1. The number of hydrogen-bond acceptors (Lipinski definition) is 7. The SMILES string of the molecule is Nc1nc(Cc2nnc(SCC(=O)NCc3ccccc3)n2-c2ccccc2)cs1. The van der Waals surface area contributed by atoms with Gasteiger partial charge in [0.15, 0.2) is 10.3 Å². The number of nitrogens with two attached hydrogens (primary N) is 1. The second kappa shape index (κ2) is 9.55. The molecular weight excluding hydrogens is 416 g/mol. The number of nitrogen functional groups attached to an aromatic ring is 1. The Morgan fingerprint density at radius 1 is 1.07 bits per heavy atom. The van der Waals surface area contributed by atoms with Crippen LogP contribution in [0.5, 0.6) is 0 Å². The lowest BCUT2D eigenvalue weighted by atomic mass is 10.2. The first kappa shape index (κ1) is 20.1. The van der Waals surface area contributed by atoms with E-state index in [9.17, 15) is 4.79 Å². The monoisotopic (exact) mass is 436 g/mol. The predicted octanol–water partition coefficient (Wildman–Crippen LogP) is 3.31. The number of para-hydroxylation sites is 1. The molecule has 7 nitrogen and oxygen atoms in total. The first-order chi connectivity index (χ1) is 14.7. The van der Waals surface area contributed by atoms with Gasteiger partial charge in [0.05, 0.1) is 17.9 Å². The van der Waals surface area contributed by atoms with Crippen molar-refractivity contribution in [3.05, 3.63) is 83.1 Å². The van der Waals surface area contributed by atoms with Gasteiger partial charge in [0, 0.05) is 17.6 Å². The molecule has 1 amide bonds. The molecule has 2 aromatic heterocycles. The summed E-state index contributed by atoms with van der Waals surface area (Å²) in [5.74, 6) is 0.945. The van der Waals surface area contributed by atoms with Crippen LogP contribution < -0.4 is 11.1 Å². The summed E-state index contributed by atoms with van der Waals surface area (Å²) in [4.78, 5) is 16.6. The Hall–Kier alpha value is -3.17. The zero-order valence-corrected chi connectivity index (χ0v) is 17.7. The summed E-state index contributed by atoms with van der Waals surface area (Å²) >= 11 is 2.76. The number of nitrogens with zero attached hydrogens (tertiary/aromatic N) is 4. The summed E-state index contributed by atoms with van der Waals surface area (Å²) < 4.78 is 1.96. The number of amides is 1. The molecule has 3 N–H and O–H groups in total. The third-order valence-electron chi connectivity index (χ3n) is 4.29. The highest BCUT2D eigenvalue weighted by Gasteiger charge is 2.17. The molecule has 0 bridgehead atoms. The van der Waals surface area contributed by atoms with Crippen LogP contribution in [0, 0.1) is 0 Å². The Kier molecular flexibility index (Phi) is 6.41. The van der Waals surface area contributed by atoms with Gasteiger partial charge < -0.3 is 11.1 Å². The lowest BCUT2D eigenvalue weighted by molar-refractivity contribution is -0.118. The summed E-state index contributed by atoms with van der Waals surface area (Å²) in [7, 11) is 0. The van der Waals surface area contributed by atoms with Crippen LogP contribution in [0.15, 0.2) is 71.2 Å². The normalized spacial score (nSPS) is 10.8. The van der Waals surface area contributed by atoms with Crippen LogP contribution in [0.2, 0.25) is 0 Å². The Labute approximate surface area is 182 Å². The van der Waals surface area contributed by atoms with Gasteiger partial charge in [-0.2, -0.15) is 0 Å². The molecule has 9 heteroatoms. The van der Waals surface area contributed by atoms with Crippen molar-refractivity contribution in [2.75, 3.05) is 11.5 Å². The number of nitrogens with one attached hydrogen (secondary N) is 1. The fourth-order valence-corrected chi connectivity index (χ4v) is 4.25. The highest BCUT2D eigenvalue weighted by molar-refractivity contribution is 7.99. The number of thiazole rings is 1. The van der Waals surface area contributed by atoms with E-state index in [0.29, 0.717) is 23.3 Å².